The van der Waals surface area contributed by atoms with Crippen molar-refractivity contribution in [3.63, 3.8) is 0 Å². The largest absolute Gasteiger partial charge is 0.341 e. The van der Waals surface area contributed by atoms with Crippen molar-refractivity contribution >= 4 is 23.4 Å². The number of carbonyl (C=O) groups is 2. The van der Waals surface area contributed by atoms with Gasteiger partial charge < -0.3 is 9.80 Å². The standard InChI is InChI=1S/C18H24ClFN2O2/c1-3-13(4-2)17(23)21-8-5-9-22(11-10-21)18(24)15-12-14(19)6-7-16(15)20/h6-7,12-13H,3-5,8-11H2,1-2H3. The zero-order valence-corrected chi connectivity index (χ0v) is 15.0. The maximum atomic E-state index is 13.9. The van der Waals surface area contributed by atoms with Gasteiger partial charge in [-0.3, -0.25) is 9.59 Å². The van der Waals surface area contributed by atoms with Gasteiger partial charge in [0.1, 0.15) is 5.82 Å². The van der Waals surface area contributed by atoms with Crippen molar-refractivity contribution in [1.82, 2.24) is 9.80 Å². The predicted octanol–water partition coefficient (Wildman–Crippen LogP) is 3.59. The molecule has 0 aliphatic carbocycles. The Morgan fingerprint density at radius 1 is 1.12 bits per heavy atom. The monoisotopic (exact) mass is 354 g/mol. The summed E-state index contributed by atoms with van der Waals surface area (Å²) in [4.78, 5) is 28.5. The van der Waals surface area contributed by atoms with E-state index >= 15 is 0 Å². The second-order valence-corrected chi connectivity index (χ2v) is 6.55. The van der Waals surface area contributed by atoms with Gasteiger partial charge in [-0.2, -0.15) is 0 Å². The van der Waals surface area contributed by atoms with Gasteiger partial charge in [0.2, 0.25) is 5.91 Å². The number of benzene rings is 1. The molecular formula is C18H24ClFN2O2. The van der Waals surface area contributed by atoms with Crippen LogP contribution < -0.4 is 0 Å². The van der Waals surface area contributed by atoms with Crippen LogP contribution in [0.3, 0.4) is 0 Å². The third-order valence-corrected chi connectivity index (χ3v) is 4.82. The Morgan fingerprint density at radius 2 is 1.75 bits per heavy atom. The van der Waals surface area contributed by atoms with Crippen LogP contribution in [0.2, 0.25) is 5.02 Å². The Balaban J connectivity index is 2.06. The first kappa shape index (κ1) is 18.7. The predicted molar refractivity (Wildman–Crippen MR) is 92.6 cm³/mol. The summed E-state index contributed by atoms with van der Waals surface area (Å²) >= 11 is 5.87. The molecule has 1 saturated heterocycles. The fraction of sp³-hybridized carbons (Fsp3) is 0.556. The molecule has 0 aromatic heterocycles. The first-order valence-electron chi connectivity index (χ1n) is 8.51. The van der Waals surface area contributed by atoms with Gasteiger partial charge in [-0.15, -0.1) is 0 Å². The Bertz CT molecular complexity index is 605. The average molecular weight is 355 g/mol. The topological polar surface area (TPSA) is 40.6 Å². The Kier molecular flexibility index (Phi) is 6.60. The molecule has 2 amide bonds. The molecule has 0 atom stereocenters. The van der Waals surface area contributed by atoms with Gasteiger partial charge in [0, 0.05) is 37.1 Å². The molecule has 1 fully saturated rings. The molecule has 0 spiro atoms. The first-order chi connectivity index (χ1) is 11.5. The third-order valence-electron chi connectivity index (χ3n) is 4.59. The van der Waals surface area contributed by atoms with E-state index in [9.17, 15) is 14.0 Å². The van der Waals surface area contributed by atoms with Crippen molar-refractivity contribution in [3.8, 4) is 0 Å². The van der Waals surface area contributed by atoms with Crippen LogP contribution in [0.4, 0.5) is 4.39 Å². The lowest BCUT2D eigenvalue weighted by atomic mass is 10.0. The maximum Gasteiger partial charge on any atom is 0.256 e. The van der Waals surface area contributed by atoms with Gasteiger partial charge in [0.25, 0.3) is 5.91 Å². The highest BCUT2D eigenvalue weighted by Crippen LogP contribution is 2.19. The summed E-state index contributed by atoms with van der Waals surface area (Å²) < 4.78 is 13.9. The minimum Gasteiger partial charge on any atom is -0.341 e. The zero-order chi connectivity index (χ0) is 17.7. The quantitative estimate of drug-likeness (QED) is 0.829. The number of halogens is 2. The summed E-state index contributed by atoms with van der Waals surface area (Å²) in [5, 5.41) is 0.333. The van der Waals surface area contributed by atoms with E-state index < -0.39 is 5.82 Å². The van der Waals surface area contributed by atoms with E-state index in [0.717, 1.165) is 12.8 Å². The van der Waals surface area contributed by atoms with Crippen LogP contribution in [-0.2, 0) is 4.79 Å². The number of nitrogens with zero attached hydrogens (tertiary/aromatic N) is 2. The van der Waals surface area contributed by atoms with Crippen molar-refractivity contribution in [3.05, 3.63) is 34.6 Å². The van der Waals surface area contributed by atoms with E-state index in [1.807, 2.05) is 18.7 Å². The molecule has 2 rings (SSSR count). The van der Waals surface area contributed by atoms with Gasteiger partial charge in [-0.1, -0.05) is 25.4 Å². The highest BCUT2D eigenvalue weighted by atomic mass is 35.5. The van der Waals surface area contributed by atoms with Gasteiger partial charge in [-0.05, 0) is 37.5 Å². The fourth-order valence-corrected chi connectivity index (χ4v) is 3.24. The SMILES string of the molecule is CCC(CC)C(=O)N1CCCN(C(=O)c2cc(Cl)ccc2F)CC1. The van der Waals surface area contributed by atoms with E-state index in [1.54, 1.807) is 4.90 Å². The van der Waals surface area contributed by atoms with E-state index in [1.165, 1.54) is 18.2 Å². The Labute approximate surface area is 147 Å². The van der Waals surface area contributed by atoms with Crippen molar-refractivity contribution in [2.45, 2.75) is 33.1 Å². The lowest BCUT2D eigenvalue weighted by Gasteiger charge is -2.25. The average Bonchev–Trinajstić information content (AvgIpc) is 2.83. The highest BCUT2D eigenvalue weighted by Gasteiger charge is 2.27. The Morgan fingerprint density at radius 3 is 2.42 bits per heavy atom. The molecule has 1 aromatic rings. The third kappa shape index (κ3) is 4.26. The second-order valence-electron chi connectivity index (χ2n) is 6.11. The molecule has 1 aromatic carbocycles. The molecule has 1 aliphatic heterocycles. The van der Waals surface area contributed by atoms with Gasteiger partial charge in [0.05, 0.1) is 5.56 Å². The molecule has 0 unspecified atom stereocenters. The van der Waals surface area contributed by atoms with E-state index in [-0.39, 0.29) is 23.3 Å². The molecule has 1 heterocycles. The molecule has 4 nitrogen and oxygen atoms in total. The van der Waals surface area contributed by atoms with Crippen LogP contribution in [0.5, 0.6) is 0 Å². The minimum absolute atomic E-state index is 0.0118. The summed E-state index contributed by atoms with van der Waals surface area (Å²) in [5.74, 6) is -0.744. The summed E-state index contributed by atoms with van der Waals surface area (Å²) in [6, 6.07) is 3.99. The molecule has 0 radical (unpaired) electrons. The van der Waals surface area contributed by atoms with Gasteiger partial charge in [-0.25, -0.2) is 4.39 Å². The van der Waals surface area contributed by atoms with Crippen LogP contribution in [-0.4, -0.2) is 47.8 Å². The Hall–Kier alpha value is -1.62. The summed E-state index contributed by atoms with van der Waals surface area (Å²) in [6.07, 6.45) is 2.34. The lowest BCUT2D eigenvalue weighted by Crippen LogP contribution is -2.40. The molecule has 0 N–H and O–H groups in total. The summed E-state index contributed by atoms with van der Waals surface area (Å²) in [6.45, 7) is 6.08. The van der Waals surface area contributed by atoms with Gasteiger partial charge in [0.15, 0.2) is 0 Å². The maximum absolute atomic E-state index is 13.9. The van der Waals surface area contributed by atoms with E-state index in [2.05, 4.69) is 0 Å². The number of hydrogen-bond donors (Lipinski definition) is 0. The van der Waals surface area contributed by atoms with E-state index in [4.69, 9.17) is 11.6 Å². The fourth-order valence-electron chi connectivity index (χ4n) is 3.07. The summed E-state index contributed by atoms with van der Waals surface area (Å²) in [5.41, 5.74) is -0.0118. The van der Waals surface area contributed by atoms with Crippen LogP contribution in [0.25, 0.3) is 0 Å². The zero-order valence-electron chi connectivity index (χ0n) is 14.2. The number of rotatable bonds is 4. The molecule has 0 bridgehead atoms. The highest BCUT2D eigenvalue weighted by molar-refractivity contribution is 6.31. The van der Waals surface area contributed by atoms with Crippen LogP contribution in [0.15, 0.2) is 18.2 Å². The van der Waals surface area contributed by atoms with Crippen LogP contribution in [0.1, 0.15) is 43.5 Å². The normalized spacial score (nSPS) is 15.5. The molecule has 1 aliphatic rings. The number of amides is 2. The number of carbonyl (C=O) groups excluding carboxylic acids is 2. The van der Waals surface area contributed by atoms with Gasteiger partial charge >= 0.3 is 0 Å². The van der Waals surface area contributed by atoms with E-state index in [0.29, 0.717) is 37.6 Å². The van der Waals surface area contributed by atoms with Crippen molar-refractivity contribution < 1.29 is 14.0 Å². The van der Waals surface area contributed by atoms with Crippen molar-refractivity contribution in [2.24, 2.45) is 5.92 Å². The van der Waals surface area contributed by atoms with Crippen molar-refractivity contribution in [1.29, 1.82) is 0 Å². The molecule has 0 saturated carbocycles. The first-order valence-corrected chi connectivity index (χ1v) is 8.88. The lowest BCUT2D eigenvalue weighted by molar-refractivity contribution is -0.135. The molecule has 132 valence electrons. The second kappa shape index (κ2) is 8.47. The molecule has 6 heteroatoms. The molecule has 24 heavy (non-hydrogen) atoms. The minimum atomic E-state index is -0.571. The smallest absolute Gasteiger partial charge is 0.256 e. The number of hydrogen-bond acceptors (Lipinski definition) is 2. The summed E-state index contributed by atoms with van der Waals surface area (Å²) in [7, 11) is 0. The molecular weight excluding hydrogens is 331 g/mol. The van der Waals surface area contributed by atoms with Crippen LogP contribution >= 0.6 is 11.6 Å². The van der Waals surface area contributed by atoms with Crippen LogP contribution in [0, 0.1) is 11.7 Å². The van der Waals surface area contributed by atoms with Crippen molar-refractivity contribution in [2.75, 3.05) is 26.2 Å².